The topological polar surface area (TPSA) is 20.3 Å². The zero-order chi connectivity index (χ0) is 14.9. The lowest BCUT2D eigenvalue weighted by molar-refractivity contribution is 0.0851. The van der Waals surface area contributed by atoms with Crippen LogP contribution in [0.15, 0.2) is 6.07 Å². The van der Waals surface area contributed by atoms with Crippen LogP contribution in [0.5, 0.6) is 0 Å². The number of aryl methyl sites for hydroxylation is 2. The number of nitrogens with zero attached hydrogens (tertiary/aromatic N) is 1. The van der Waals surface area contributed by atoms with E-state index in [4.69, 9.17) is 0 Å². The van der Waals surface area contributed by atoms with Gasteiger partial charge in [-0.2, -0.15) is 0 Å². The monoisotopic (exact) mass is 293 g/mol. The van der Waals surface area contributed by atoms with Crippen LogP contribution in [0, 0.1) is 19.3 Å². The minimum absolute atomic E-state index is 0.277. The fourth-order valence-electron chi connectivity index (χ4n) is 3.17. The molecule has 1 saturated carbocycles. The molecule has 0 bridgehead atoms. The molecule has 0 saturated heterocycles. The molecule has 1 aromatic heterocycles. The van der Waals surface area contributed by atoms with Gasteiger partial charge in [0, 0.05) is 21.4 Å². The zero-order valence-corrected chi connectivity index (χ0v) is 14.3. The van der Waals surface area contributed by atoms with Crippen LogP contribution in [0.2, 0.25) is 0 Å². The third kappa shape index (κ3) is 3.70. The Morgan fingerprint density at radius 3 is 2.45 bits per heavy atom. The number of thiophene rings is 1. The van der Waals surface area contributed by atoms with E-state index in [0.717, 1.165) is 10.4 Å². The summed E-state index contributed by atoms with van der Waals surface area (Å²) in [5, 5.41) is 0. The second-order valence-corrected chi connectivity index (χ2v) is 8.52. The van der Waals surface area contributed by atoms with Crippen molar-refractivity contribution in [2.24, 2.45) is 5.41 Å². The van der Waals surface area contributed by atoms with E-state index >= 15 is 0 Å². The van der Waals surface area contributed by atoms with Gasteiger partial charge in [-0.25, -0.2) is 0 Å². The Bertz CT molecular complexity index is 479. The maximum atomic E-state index is 12.4. The summed E-state index contributed by atoms with van der Waals surface area (Å²) in [6.45, 7) is 9.38. The number of ketones is 1. The van der Waals surface area contributed by atoms with Crippen molar-refractivity contribution in [1.82, 2.24) is 4.90 Å². The molecule has 1 heterocycles. The normalized spacial score (nSPS) is 19.5. The van der Waals surface area contributed by atoms with Crippen LogP contribution in [-0.2, 0) is 0 Å². The maximum absolute atomic E-state index is 12.4. The fourth-order valence-corrected chi connectivity index (χ4v) is 4.12. The lowest BCUT2D eigenvalue weighted by Gasteiger charge is -2.38. The average molecular weight is 293 g/mol. The maximum Gasteiger partial charge on any atom is 0.177 e. The molecule has 0 unspecified atom stereocenters. The third-order valence-corrected chi connectivity index (χ3v) is 5.63. The van der Waals surface area contributed by atoms with Gasteiger partial charge in [-0.15, -0.1) is 11.3 Å². The Labute approximate surface area is 127 Å². The molecule has 0 atom stereocenters. The van der Waals surface area contributed by atoms with Gasteiger partial charge in [-0.1, -0.05) is 13.8 Å². The number of likely N-dealkylation sites (N-methyl/N-ethyl adjacent to an activating group) is 1. The first-order valence-electron chi connectivity index (χ1n) is 7.59. The summed E-state index contributed by atoms with van der Waals surface area (Å²) >= 11 is 1.72. The highest BCUT2D eigenvalue weighted by atomic mass is 32.1. The van der Waals surface area contributed by atoms with Gasteiger partial charge in [-0.05, 0) is 58.1 Å². The highest BCUT2D eigenvalue weighted by Crippen LogP contribution is 2.36. The number of hydrogen-bond donors (Lipinski definition) is 0. The molecule has 112 valence electrons. The minimum Gasteiger partial charge on any atom is -0.296 e. The van der Waals surface area contributed by atoms with Crippen LogP contribution in [0.4, 0.5) is 0 Å². The molecule has 1 aromatic rings. The highest BCUT2D eigenvalue weighted by Gasteiger charge is 2.29. The lowest BCUT2D eigenvalue weighted by Crippen LogP contribution is -2.39. The second-order valence-electron chi connectivity index (χ2n) is 7.06. The van der Waals surface area contributed by atoms with Gasteiger partial charge in [0.1, 0.15) is 0 Å². The first kappa shape index (κ1) is 15.7. The SMILES string of the molecule is Cc1cc(C(=O)CN(C)C2CCC(C)(C)CC2)c(C)s1. The van der Waals surface area contributed by atoms with E-state index < -0.39 is 0 Å². The van der Waals surface area contributed by atoms with E-state index in [1.54, 1.807) is 11.3 Å². The molecule has 0 aromatic carbocycles. The van der Waals surface area contributed by atoms with Gasteiger partial charge >= 0.3 is 0 Å². The summed E-state index contributed by atoms with van der Waals surface area (Å²) in [4.78, 5) is 17.1. The Balaban J connectivity index is 1.93. The first-order chi connectivity index (χ1) is 9.28. The van der Waals surface area contributed by atoms with Crippen molar-refractivity contribution in [3.63, 3.8) is 0 Å². The Kier molecular flexibility index (Phi) is 4.70. The van der Waals surface area contributed by atoms with Crippen molar-refractivity contribution in [3.05, 3.63) is 21.4 Å². The van der Waals surface area contributed by atoms with Gasteiger partial charge in [0.05, 0.1) is 6.54 Å². The van der Waals surface area contributed by atoms with Crippen LogP contribution in [0.3, 0.4) is 0 Å². The Morgan fingerprint density at radius 2 is 1.95 bits per heavy atom. The Morgan fingerprint density at radius 1 is 1.35 bits per heavy atom. The molecule has 3 heteroatoms. The summed E-state index contributed by atoms with van der Waals surface area (Å²) in [7, 11) is 2.11. The molecule has 2 rings (SSSR count). The third-order valence-electron chi connectivity index (χ3n) is 4.67. The van der Waals surface area contributed by atoms with Gasteiger partial charge < -0.3 is 0 Å². The van der Waals surface area contributed by atoms with Crippen LogP contribution in [0.1, 0.15) is 59.6 Å². The summed E-state index contributed by atoms with van der Waals surface area (Å²) in [6, 6.07) is 2.62. The second kappa shape index (κ2) is 5.98. The number of carbonyl (C=O) groups is 1. The predicted molar refractivity (Wildman–Crippen MR) is 86.8 cm³/mol. The van der Waals surface area contributed by atoms with Gasteiger partial charge in [0.2, 0.25) is 0 Å². The zero-order valence-electron chi connectivity index (χ0n) is 13.5. The highest BCUT2D eigenvalue weighted by molar-refractivity contribution is 7.12. The lowest BCUT2D eigenvalue weighted by atomic mass is 9.75. The molecule has 1 fully saturated rings. The van der Waals surface area contributed by atoms with Crippen molar-refractivity contribution in [2.45, 2.75) is 59.4 Å². The molecular formula is C17H27NOS. The number of rotatable bonds is 4. The number of carbonyl (C=O) groups excluding carboxylic acids is 1. The largest absolute Gasteiger partial charge is 0.296 e. The minimum atomic E-state index is 0.277. The molecular weight excluding hydrogens is 266 g/mol. The Hall–Kier alpha value is -0.670. The number of Topliss-reactive ketones (excluding diaryl/α,β-unsaturated/α-hetero) is 1. The van der Waals surface area contributed by atoms with Crippen LogP contribution >= 0.6 is 11.3 Å². The van der Waals surface area contributed by atoms with E-state index in [2.05, 4.69) is 32.7 Å². The molecule has 20 heavy (non-hydrogen) atoms. The molecule has 0 radical (unpaired) electrons. The van der Waals surface area contributed by atoms with Crippen molar-refractivity contribution in [3.8, 4) is 0 Å². The van der Waals surface area contributed by atoms with Crippen molar-refractivity contribution in [2.75, 3.05) is 13.6 Å². The van der Waals surface area contributed by atoms with E-state index in [1.165, 1.54) is 30.6 Å². The molecule has 2 nitrogen and oxygen atoms in total. The van der Waals surface area contributed by atoms with E-state index in [9.17, 15) is 4.79 Å². The molecule has 0 amide bonds. The smallest absolute Gasteiger partial charge is 0.177 e. The fraction of sp³-hybridized carbons (Fsp3) is 0.706. The van der Waals surface area contributed by atoms with Crippen LogP contribution in [-0.4, -0.2) is 30.3 Å². The molecule has 1 aliphatic rings. The summed E-state index contributed by atoms with van der Waals surface area (Å²) < 4.78 is 0. The predicted octanol–water partition coefficient (Wildman–Crippen LogP) is 4.45. The molecule has 0 aliphatic heterocycles. The van der Waals surface area contributed by atoms with Crippen molar-refractivity contribution < 1.29 is 4.79 Å². The molecule has 0 spiro atoms. The van der Waals surface area contributed by atoms with Crippen LogP contribution in [0.25, 0.3) is 0 Å². The standard InChI is InChI=1S/C17H27NOS/c1-12-10-15(13(2)20-12)16(19)11-18(5)14-6-8-17(3,4)9-7-14/h10,14H,6-9,11H2,1-5H3. The molecule has 1 aliphatic carbocycles. The van der Waals surface area contributed by atoms with Gasteiger partial charge in [0.15, 0.2) is 5.78 Å². The van der Waals surface area contributed by atoms with Gasteiger partial charge in [0.25, 0.3) is 0 Å². The van der Waals surface area contributed by atoms with Crippen LogP contribution < -0.4 is 0 Å². The van der Waals surface area contributed by atoms with E-state index in [1.807, 2.05) is 13.0 Å². The summed E-state index contributed by atoms with van der Waals surface area (Å²) in [6.07, 6.45) is 4.98. The van der Waals surface area contributed by atoms with E-state index in [-0.39, 0.29) is 5.78 Å². The summed E-state index contributed by atoms with van der Waals surface area (Å²) in [5.41, 5.74) is 1.41. The number of hydrogen-bond acceptors (Lipinski definition) is 3. The first-order valence-corrected chi connectivity index (χ1v) is 8.41. The van der Waals surface area contributed by atoms with E-state index in [0.29, 0.717) is 18.0 Å². The van der Waals surface area contributed by atoms with Gasteiger partial charge in [-0.3, -0.25) is 9.69 Å². The molecule has 0 N–H and O–H groups in total. The average Bonchev–Trinajstić information content (AvgIpc) is 2.68. The summed E-state index contributed by atoms with van der Waals surface area (Å²) in [5.74, 6) is 0.277. The quantitative estimate of drug-likeness (QED) is 0.765. The van der Waals surface area contributed by atoms with Crippen molar-refractivity contribution >= 4 is 17.1 Å². The van der Waals surface area contributed by atoms with Crippen molar-refractivity contribution in [1.29, 1.82) is 0 Å².